The van der Waals surface area contributed by atoms with Crippen LogP contribution in [0.25, 0.3) is 0 Å². The number of nitrogens with zero attached hydrogens (tertiary/aromatic N) is 2. The summed E-state index contributed by atoms with van der Waals surface area (Å²) in [4.78, 5) is 17.3. The van der Waals surface area contributed by atoms with Gasteiger partial charge < -0.3 is 4.90 Å². The lowest BCUT2D eigenvalue weighted by Crippen LogP contribution is -2.62. The zero-order valence-electron chi connectivity index (χ0n) is 13.9. The number of fused-ring (bicyclic) bond motifs is 3. The molecule has 0 spiro atoms. The molecule has 1 aromatic rings. The van der Waals surface area contributed by atoms with E-state index in [1.807, 2.05) is 23.1 Å². The van der Waals surface area contributed by atoms with Gasteiger partial charge in [-0.05, 0) is 43.0 Å². The van der Waals surface area contributed by atoms with Gasteiger partial charge in [-0.2, -0.15) is 0 Å². The largest absolute Gasteiger partial charge is 0.333 e. The summed E-state index contributed by atoms with van der Waals surface area (Å²) < 4.78 is 0. The maximum absolute atomic E-state index is 12.9. The van der Waals surface area contributed by atoms with Gasteiger partial charge in [0.25, 0.3) is 5.91 Å². The fourth-order valence-electron chi connectivity index (χ4n) is 3.60. The van der Waals surface area contributed by atoms with Gasteiger partial charge in [-0.3, -0.25) is 9.69 Å². The summed E-state index contributed by atoms with van der Waals surface area (Å²) in [5.74, 6) is 0.0910. The van der Waals surface area contributed by atoms with E-state index >= 15 is 0 Å². The van der Waals surface area contributed by atoms with E-state index in [1.165, 1.54) is 6.42 Å². The van der Waals surface area contributed by atoms with Crippen molar-refractivity contribution in [3.05, 3.63) is 34.3 Å². The van der Waals surface area contributed by atoms with Gasteiger partial charge in [0, 0.05) is 25.2 Å². The standard InChI is InChI=1S/C18H25ClN2O/c1-18(2,3)12-5-8-15(16(19)9-12)17(22)21-11-13-6-7-14(21)10-20(13)4/h5,8-9,13-14H,6-7,10-11H2,1-4H3/t13-,14-/m1/s1. The molecule has 0 aliphatic carbocycles. The van der Waals surface area contributed by atoms with Crippen molar-refractivity contribution in [1.29, 1.82) is 0 Å². The van der Waals surface area contributed by atoms with Crippen LogP contribution in [-0.2, 0) is 5.41 Å². The molecule has 1 aromatic carbocycles. The first-order chi connectivity index (χ1) is 10.3. The minimum atomic E-state index is 0.0398. The molecule has 3 nitrogen and oxygen atoms in total. The van der Waals surface area contributed by atoms with E-state index in [0.717, 1.165) is 25.1 Å². The highest BCUT2D eigenvalue weighted by Gasteiger charge is 2.40. The van der Waals surface area contributed by atoms with Crippen molar-refractivity contribution in [3.63, 3.8) is 0 Å². The molecule has 0 radical (unpaired) electrons. The Balaban J connectivity index is 1.84. The molecule has 0 N–H and O–H groups in total. The molecule has 120 valence electrons. The third-order valence-electron chi connectivity index (χ3n) is 5.13. The van der Waals surface area contributed by atoms with Gasteiger partial charge in [-0.1, -0.05) is 38.4 Å². The highest BCUT2D eigenvalue weighted by Crippen LogP contribution is 2.32. The Kier molecular flexibility index (Phi) is 3.98. The topological polar surface area (TPSA) is 23.6 Å². The van der Waals surface area contributed by atoms with E-state index in [1.54, 1.807) is 0 Å². The summed E-state index contributed by atoms with van der Waals surface area (Å²) in [6, 6.07) is 6.72. The number of hydrogen-bond donors (Lipinski definition) is 0. The second-order valence-corrected chi connectivity index (χ2v) is 8.13. The highest BCUT2D eigenvalue weighted by molar-refractivity contribution is 6.33. The summed E-state index contributed by atoms with van der Waals surface area (Å²) in [6.07, 6.45) is 2.31. The zero-order valence-corrected chi connectivity index (χ0v) is 14.7. The van der Waals surface area contributed by atoms with E-state index in [4.69, 9.17) is 11.6 Å². The molecule has 1 amide bonds. The number of hydrogen-bond acceptors (Lipinski definition) is 2. The van der Waals surface area contributed by atoms with E-state index in [9.17, 15) is 4.79 Å². The minimum absolute atomic E-state index is 0.0398. The molecule has 0 unspecified atom stereocenters. The molecule has 2 bridgehead atoms. The number of piperidine rings is 2. The van der Waals surface area contributed by atoms with Crippen LogP contribution in [0, 0.1) is 0 Å². The van der Waals surface area contributed by atoms with Crippen LogP contribution in [0.2, 0.25) is 5.02 Å². The second-order valence-electron chi connectivity index (χ2n) is 7.73. The SMILES string of the molecule is CN1C[C@H]2CC[C@@H]1CN2C(=O)c1ccc(C(C)(C)C)cc1Cl. The molecule has 4 rings (SSSR count). The van der Waals surface area contributed by atoms with Crippen LogP contribution in [0.1, 0.15) is 49.5 Å². The lowest BCUT2D eigenvalue weighted by Gasteiger charge is -2.50. The van der Waals surface area contributed by atoms with Gasteiger partial charge in [-0.15, -0.1) is 0 Å². The Morgan fingerprint density at radius 2 is 1.86 bits per heavy atom. The number of carbonyl (C=O) groups excluding carboxylic acids is 1. The Morgan fingerprint density at radius 1 is 1.18 bits per heavy atom. The molecule has 4 heteroatoms. The van der Waals surface area contributed by atoms with Crippen molar-refractivity contribution < 1.29 is 4.79 Å². The van der Waals surface area contributed by atoms with Gasteiger partial charge in [0.15, 0.2) is 0 Å². The molecule has 3 aliphatic heterocycles. The number of amides is 1. The van der Waals surface area contributed by atoms with Crippen molar-refractivity contribution in [1.82, 2.24) is 9.80 Å². The summed E-state index contributed by atoms with van der Waals surface area (Å²) in [5.41, 5.74) is 1.84. The van der Waals surface area contributed by atoms with E-state index in [2.05, 4.69) is 32.7 Å². The van der Waals surface area contributed by atoms with Gasteiger partial charge >= 0.3 is 0 Å². The predicted octanol–water partition coefficient (Wildman–Crippen LogP) is 3.56. The normalized spacial score (nSPS) is 25.6. The lowest BCUT2D eigenvalue weighted by atomic mass is 9.86. The van der Waals surface area contributed by atoms with Gasteiger partial charge in [0.2, 0.25) is 0 Å². The van der Waals surface area contributed by atoms with Gasteiger partial charge in [-0.25, -0.2) is 0 Å². The van der Waals surface area contributed by atoms with Crippen LogP contribution < -0.4 is 0 Å². The van der Waals surface area contributed by atoms with E-state index in [0.29, 0.717) is 22.7 Å². The number of carbonyl (C=O) groups is 1. The third kappa shape index (κ3) is 2.77. The van der Waals surface area contributed by atoms with Crippen LogP contribution in [0.4, 0.5) is 0 Å². The monoisotopic (exact) mass is 320 g/mol. The van der Waals surface area contributed by atoms with Gasteiger partial charge in [0.05, 0.1) is 10.6 Å². The molecular formula is C18H25ClN2O. The van der Waals surface area contributed by atoms with Crippen LogP contribution in [0.5, 0.6) is 0 Å². The molecule has 0 saturated carbocycles. The van der Waals surface area contributed by atoms with E-state index in [-0.39, 0.29) is 11.3 Å². The second kappa shape index (κ2) is 5.54. The molecule has 3 heterocycles. The predicted molar refractivity (Wildman–Crippen MR) is 90.6 cm³/mol. The smallest absolute Gasteiger partial charge is 0.255 e. The first-order valence-corrected chi connectivity index (χ1v) is 8.46. The van der Waals surface area contributed by atoms with Crippen LogP contribution in [-0.4, -0.2) is 47.9 Å². The fraction of sp³-hybridized carbons (Fsp3) is 0.611. The summed E-state index contributed by atoms with van der Waals surface area (Å²) in [6.45, 7) is 8.27. The van der Waals surface area contributed by atoms with Crippen molar-refractivity contribution in [3.8, 4) is 0 Å². The quantitative estimate of drug-likeness (QED) is 0.790. The first kappa shape index (κ1) is 15.8. The molecule has 3 saturated heterocycles. The van der Waals surface area contributed by atoms with Crippen LogP contribution in [0.15, 0.2) is 18.2 Å². The minimum Gasteiger partial charge on any atom is -0.333 e. The first-order valence-electron chi connectivity index (χ1n) is 8.08. The van der Waals surface area contributed by atoms with Crippen molar-refractivity contribution in [2.75, 3.05) is 20.1 Å². The molecule has 2 atom stereocenters. The average Bonchev–Trinajstić information content (AvgIpc) is 2.46. The Morgan fingerprint density at radius 3 is 2.36 bits per heavy atom. The number of halogens is 1. The zero-order chi connectivity index (χ0) is 16.1. The molecule has 0 aromatic heterocycles. The summed E-state index contributed by atoms with van der Waals surface area (Å²) >= 11 is 6.42. The van der Waals surface area contributed by atoms with E-state index < -0.39 is 0 Å². The fourth-order valence-corrected chi connectivity index (χ4v) is 3.86. The molecule has 22 heavy (non-hydrogen) atoms. The summed E-state index contributed by atoms with van der Waals surface area (Å²) in [7, 11) is 2.16. The average molecular weight is 321 g/mol. The van der Waals surface area contributed by atoms with Gasteiger partial charge in [0.1, 0.15) is 0 Å². The van der Waals surface area contributed by atoms with Crippen molar-refractivity contribution in [2.45, 2.75) is 51.1 Å². The summed E-state index contributed by atoms with van der Waals surface area (Å²) in [5, 5.41) is 0.576. The lowest BCUT2D eigenvalue weighted by molar-refractivity contribution is -0.0000784. The number of likely N-dealkylation sites (N-methyl/N-ethyl adjacent to an activating group) is 1. The Hall–Kier alpha value is -1.06. The maximum Gasteiger partial charge on any atom is 0.255 e. The maximum atomic E-state index is 12.9. The Labute approximate surface area is 138 Å². The number of rotatable bonds is 1. The number of benzene rings is 1. The highest BCUT2D eigenvalue weighted by atomic mass is 35.5. The third-order valence-corrected chi connectivity index (χ3v) is 5.44. The van der Waals surface area contributed by atoms with Crippen LogP contribution >= 0.6 is 11.6 Å². The molecule has 3 fully saturated rings. The van der Waals surface area contributed by atoms with Crippen LogP contribution in [0.3, 0.4) is 0 Å². The molecule has 3 aliphatic rings. The van der Waals surface area contributed by atoms with Crippen molar-refractivity contribution in [2.24, 2.45) is 0 Å². The molecular weight excluding hydrogens is 296 g/mol. The van der Waals surface area contributed by atoms with Crippen molar-refractivity contribution >= 4 is 17.5 Å². The Bertz CT molecular complexity index is 593. The number of piperazine rings is 1.